The number of imidazole rings is 1. The van der Waals surface area contributed by atoms with Gasteiger partial charge in [-0.2, -0.15) is 4.57 Å². The van der Waals surface area contributed by atoms with Gasteiger partial charge in [0.2, 0.25) is 0 Å². The van der Waals surface area contributed by atoms with Gasteiger partial charge in [0.05, 0.1) is 27.8 Å². The molecule has 0 unspecified atom stereocenters. The molecule has 0 radical (unpaired) electrons. The summed E-state index contributed by atoms with van der Waals surface area (Å²) in [5.74, 6) is 1.74. The van der Waals surface area contributed by atoms with Crippen molar-refractivity contribution < 1.29 is 4.57 Å². The van der Waals surface area contributed by atoms with Crippen LogP contribution in [0.1, 0.15) is 24.4 Å². The molecule has 36 heavy (non-hydrogen) atoms. The molecule has 4 heteroatoms. The summed E-state index contributed by atoms with van der Waals surface area (Å²) in [6.07, 6.45) is 1.01. The first kappa shape index (κ1) is 22.7. The number of thiazole rings is 1. The van der Waals surface area contributed by atoms with Gasteiger partial charge in [0.1, 0.15) is 5.69 Å². The molecule has 2 aromatic heterocycles. The molecule has 0 aliphatic carbocycles. The van der Waals surface area contributed by atoms with E-state index in [-0.39, 0.29) is 0 Å². The fourth-order valence-electron chi connectivity index (χ4n) is 5.15. The predicted octanol–water partition coefficient (Wildman–Crippen LogP) is 7.91. The topological polar surface area (TPSA) is 21.7 Å². The molecule has 0 atom stereocenters. The van der Waals surface area contributed by atoms with Crippen LogP contribution in [0.25, 0.3) is 49.5 Å². The minimum atomic E-state index is 0.584. The number of hydrogen-bond donors (Lipinski definition) is 0. The van der Waals surface area contributed by atoms with Crippen molar-refractivity contribution in [1.29, 1.82) is 0 Å². The van der Waals surface area contributed by atoms with Crippen molar-refractivity contribution in [1.82, 2.24) is 9.55 Å². The van der Waals surface area contributed by atoms with Crippen LogP contribution in [0.2, 0.25) is 0 Å². The maximum atomic E-state index is 5.18. The maximum absolute atomic E-state index is 5.18. The Labute approximate surface area is 216 Å². The predicted molar refractivity (Wildman–Crippen MR) is 152 cm³/mol. The minimum absolute atomic E-state index is 0.584. The fraction of sp³-hybridized carbons (Fsp3) is 0.188. The summed E-state index contributed by atoms with van der Waals surface area (Å²) in [6, 6.07) is 32.6. The molecule has 0 bridgehead atoms. The fourth-order valence-corrected chi connectivity index (χ4v) is 6.34. The molecular formula is C32H30N3S+. The monoisotopic (exact) mass is 488 g/mol. The highest BCUT2D eigenvalue weighted by molar-refractivity contribution is 7.18. The van der Waals surface area contributed by atoms with E-state index in [4.69, 9.17) is 4.98 Å². The number of hydrogen-bond acceptors (Lipinski definition) is 2. The van der Waals surface area contributed by atoms with E-state index < -0.39 is 0 Å². The molecule has 0 aliphatic heterocycles. The lowest BCUT2D eigenvalue weighted by molar-refractivity contribution is -0.633. The van der Waals surface area contributed by atoms with Crippen LogP contribution in [-0.4, -0.2) is 9.55 Å². The Kier molecular flexibility index (Phi) is 5.69. The first-order valence-electron chi connectivity index (χ1n) is 12.6. The Morgan fingerprint density at radius 3 is 2.28 bits per heavy atom. The Morgan fingerprint density at radius 2 is 1.53 bits per heavy atom. The quantitative estimate of drug-likeness (QED) is 0.226. The van der Waals surface area contributed by atoms with E-state index in [0.29, 0.717) is 5.92 Å². The van der Waals surface area contributed by atoms with Gasteiger partial charge in [-0.25, -0.2) is 9.55 Å². The van der Waals surface area contributed by atoms with Crippen molar-refractivity contribution in [3.05, 3.63) is 102 Å². The van der Waals surface area contributed by atoms with E-state index in [1.807, 2.05) is 11.3 Å². The highest BCUT2D eigenvalue weighted by Gasteiger charge is 2.29. The number of nitrogens with zero attached hydrogens (tertiary/aromatic N) is 3. The number of aromatic nitrogens is 3. The first-order valence-corrected chi connectivity index (χ1v) is 13.4. The van der Waals surface area contributed by atoms with Crippen LogP contribution >= 0.6 is 11.3 Å². The standard InChI is InChI=1S/C32H30N3S/c1-21(2)20-29-33-31-28(36-29)19-14-22(3)30(31)32-34(4)26-12-8-9-13-27(26)35(32)25-17-15-24(16-18-25)23-10-6-5-7-11-23/h5-19,21H,20H2,1-4H3/q+1. The van der Waals surface area contributed by atoms with Crippen molar-refractivity contribution in [3.8, 4) is 28.2 Å². The second-order valence-corrected chi connectivity index (χ2v) is 11.0. The van der Waals surface area contributed by atoms with Crippen molar-refractivity contribution in [3.63, 3.8) is 0 Å². The minimum Gasteiger partial charge on any atom is -0.240 e. The number of para-hydroxylation sites is 2. The van der Waals surface area contributed by atoms with Crippen LogP contribution < -0.4 is 4.57 Å². The molecule has 6 rings (SSSR count). The molecular weight excluding hydrogens is 458 g/mol. The molecule has 2 heterocycles. The number of rotatable bonds is 5. The van der Waals surface area contributed by atoms with E-state index in [1.54, 1.807) is 0 Å². The molecule has 178 valence electrons. The summed E-state index contributed by atoms with van der Waals surface area (Å²) in [7, 11) is 2.17. The lowest BCUT2D eigenvalue weighted by Gasteiger charge is -2.08. The zero-order valence-electron chi connectivity index (χ0n) is 21.2. The lowest BCUT2D eigenvalue weighted by atomic mass is 10.0. The van der Waals surface area contributed by atoms with E-state index >= 15 is 0 Å². The van der Waals surface area contributed by atoms with Gasteiger partial charge in [-0.05, 0) is 59.9 Å². The third kappa shape index (κ3) is 3.82. The Bertz CT molecular complexity index is 1690. The normalized spacial score (nSPS) is 11.7. The Hall–Kier alpha value is -3.76. The van der Waals surface area contributed by atoms with Crippen molar-refractivity contribution in [2.45, 2.75) is 27.2 Å². The Balaban J connectivity index is 1.61. The Morgan fingerprint density at radius 1 is 0.833 bits per heavy atom. The average molecular weight is 489 g/mol. The molecule has 0 aliphatic rings. The molecule has 0 saturated carbocycles. The molecule has 3 nitrogen and oxygen atoms in total. The smallest absolute Gasteiger partial charge is 0.240 e. The molecule has 0 amide bonds. The van der Waals surface area contributed by atoms with E-state index in [0.717, 1.165) is 23.4 Å². The second-order valence-electron chi connectivity index (χ2n) is 9.93. The van der Waals surface area contributed by atoms with Crippen LogP contribution in [0, 0.1) is 12.8 Å². The molecule has 4 aromatic carbocycles. The highest BCUT2D eigenvalue weighted by atomic mass is 32.1. The first-order chi connectivity index (χ1) is 17.5. The van der Waals surface area contributed by atoms with Crippen LogP contribution in [0.4, 0.5) is 0 Å². The van der Waals surface area contributed by atoms with Crippen LogP contribution in [0.3, 0.4) is 0 Å². The molecule has 6 aromatic rings. The SMILES string of the molecule is Cc1ccc2sc(CC(C)C)nc2c1-c1n(-c2ccc(-c3ccccc3)cc2)c2ccccc2[n+]1C. The summed E-state index contributed by atoms with van der Waals surface area (Å²) < 4.78 is 5.97. The van der Waals surface area contributed by atoms with E-state index in [1.165, 1.54) is 43.0 Å². The summed E-state index contributed by atoms with van der Waals surface area (Å²) in [5, 5.41) is 1.21. The van der Waals surface area contributed by atoms with Gasteiger partial charge < -0.3 is 0 Å². The van der Waals surface area contributed by atoms with Crippen LogP contribution in [0.5, 0.6) is 0 Å². The summed E-state index contributed by atoms with van der Waals surface area (Å²) in [6.45, 7) is 6.72. The molecule has 0 spiro atoms. The van der Waals surface area contributed by atoms with Gasteiger partial charge in [-0.3, -0.25) is 0 Å². The third-order valence-electron chi connectivity index (χ3n) is 6.87. The molecule has 0 fully saturated rings. The van der Waals surface area contributed by atoms with E-state index in [2.05, 4.69) is 128 Å². The second kappa shape index (κ2) is 9.03. The molecule has 0 N–H and O–H groups in total. The van der Waals surface area contributed by atoms with Crippen LogP contribution in [-0.2, 0) is 13.5 Å². The lowest BCUT2D eigenvalue weighted by Crippen LogP contribution is -2.30. The molecule has 0 saturated heterocycles. The van der Waals surface area contributed by atoms with Crippen LogP contribution in [0.15, 0.2) is 91.0 Å². The summed E-state index contributed by atoms with van der Waals surface area (Å²) >= 11 is 1.83. The maximum Gasteiger partial charge on any atom is 0.297 e. The van der Waals surface area contributed by atoms with Crippen molar-refractivity contribution in [2.24, 2.45) is 13.0 Å². The number of fused-ring (bicyclic) bond motifs is 2. The third-order valence-corrected chi connectivity index (χ3v) is 7.91. The highest BCUT2D eigenvalue weighted by Crippen LogP contribution is 2.37. The van der Waals surface area contributed by atoms with E-state index in [9.17, 15) is 0 Å². The average Bonchev–Trinajstić information content (AvgIpc) is 3.42. The van der Waals surface area contributed by atoms with Gasteiger partial charge in [0.15, 0.2) is 11.0 Å². The number of benzene rings is 4. The van der Waals surface area contributed by atoms with Gasteiger partial charge in [-0.1, -0.05) is 74.5 Å². The largest absolute Gasteiger partial charge is 0.297 e. The van der Waals surface area contributed by atoms with Gasteiger partial charge >= 0.3 is 0 Å². The summed E-state index contributed by atoms with van der Waals surface area (Å²) in [5.41, 5.74) is 9.55. The summed E-state index contributed by atoms with van der Waals surface area (Å²) in [4.78, 5) is 5.18. The van der Waals surface area contributed by atoms with Crippen molar-refractivity contribution >= 4 is 32.6 Å². The zero-order chi connectivity index (χ0) is 24.8. The zero-order valence-corrected chi connectivity index (χ0v) is 22.0. The van der Waals surface area contributed by atoms with Gasteiger partial charge in [-0.15, -0.1) is 11.3 Å². The van der Waals surface area contributed by atoms with Gasteiger partial charge in [0.25, 0.3) is 5.82 Å². The van der Waals surface area contributed by atoms with Gasteiger partial charge in [0, 0.05) is 6.42 Å². The van der Waals surface area contributed by atoms with Crippen molar-refractivity contribution in [2.75, 3.05) is 0 Å². The number of aryl methyl sites for hydroxylation is 2.